The Bertz CT molecular complexity index is 1650. The molecule has 0 saturated heterocycles. The second-order valence-corrected chi connectivity index (χ2v) is 8.86. The van der Waals surface area contributed by atoms with Gasteiger partial charge in [-0.3, -0.25) is 4.79 Å². The molecule has 9 heteroatoms. The van der Waals surface area contributed by atoms with Crippen LogP contribution in [0.3, 0.4) is 0 Å². The number of nitrogens with one attached hydrogen (secondary N) is 2. The summed E-state index contributed by atoms with van der Waals surface area (Å²) in [6, 6.07) is 15.9. The van der Waals surface area contributed by atoms with Crippen molar-refractivity contribution in [3.05, 3.63) is 83.8 Å². The lowest BCUT2D eigenvalue weighted by Gasteiger charge is -2.18. The minimum Gasteiger partial charge on any atom is -0.504 e. The van der Waals surface area contributed by atoms with E-state index in [1.54, 1.807) is 36.5 Å². The van der Waals surface area contributed by atoms with Crippen molar-refractivity contribution >= 4 is 27.7 Å². The van der Waals surface area contributed by atoms with Crippen molar-refractivity contribution in [3.63, 3.8) is 0 Å². The van der Waals surface area contributed by atoms with Crippen LogP contribution in [0.15, 0.2) is 66.9 Å². The van der Waals surface area contributed by atoms with E-state index in [-0.39, 0.29) is 29.8 Å². The number of aromatic nitrogens is 2. The zero-order chi connectivity index (χ0) is 26.8. The number of phenols is 1. The van der Waals surface area contributed by atoms with Crippen LogP contribution in [0.25, 0.3) is 33.1 Å². The fourth-order valence-electron chi connectivity index (χ4n) is 4.62. The third kappa shape index (κ3) is 4.71. The van der Waals surface area contributed by atoms with Crippen LogP contribution >= 0.6 is 0 Å². The predicted molar refractivity (Wildman–Crippen MR) is 142 cm³/mol. The Morgan fingerprint density at radius 2 is 1.89 bits per heavy atom. The number of amides is 1. The first-order chi connectivity index (χ1) is 18.4. The summed E-state index contributed by atoms with van der Waals surface area (Å²) in [5.41, 5.74) is 3.42. The normalized spacial score (nSPS) is 12.0. The van der Waals surface area contributed by atoms with E-state index in [0.29, 0.717) is 45.4 Å². The fraction of sp³-hybridized carbons (Fsp3) is 0.172. The molecule has 1 amide bonds. The number of pyridine rings is 1. The van der Waals surface area contributed by atoms with E-state index in [4.69, 9.17) is 14.5 Å². The second-order valence-electron chi connectivity index (χ2n) is 8.86. The van der Waals surface area contributed by atoms with Gasteiger partial charge in [-0.25, -0.2) is 9.37 Å². The third-order valence-corrected chi connectivity index (χ3v) is 6.47. The molecule has 5 rings (SSSR count). The maximum Gasteiger partial charge on any atom is 0.252 e. The summed E-state index contributed by atoms with van der Waals surface area (Å²) >= 11 is 0. The highest BCUT2D eigenvalue weighted by molar-refractivity contribution is 6.07. The van der Waals surface area contributed by atoms with Crippen molar-refractivity contribution in [1.29, 1.82) is 0 Å². The predicted octanol–water partition coefficient (Wildman–Crippen LogP) is 4.58. The number of aromatic hydroxyl groups is 1. The number of rotatable bonds is 8. The number of phenolic OH excluding ortho intramolecular Hbond substituents is 1. The quantitative estimate of drug-likeness (QED) is 0.240. The van der Waals surface area contributed by atoms with Gasteiger partial charge in [0.2, 0.25) is 5.75 Å². The number of ether oxygens (including phenoxy) is 2. The van der Waals surface area contributed by atoms with Crippen LogP contribution in [0, 0.1) is 5.82 Å². The maximum atomic E-state index is 13.6. The summed E-state index contributed by atoms with van der Waals surface area (Å²) in [4.78, 5) is 21.3. The molecule has 4 N–H and O–H groups in total. The van der Waals surface area contributed by atoms with Crippen molar-refractivity contribution in [2.24, 2.45) is 0 Å². The number of aromatic amines is 1. The van der Waals surface area contributed by atoms with Crippen molar-refractivity contribution in [1.82, 2.24) is 15.3 Å². The third-order valence-electron chi connectivity index (χ3n) is 6.47. The van der Waals surface area contributed by atoms with Gasteiger partial charge in [-0.1, -0.05) is 18.2 Å². The lowest BCUT2D eigenvalue weighted by atomic mass is 10.0. The van der Waals surface area contributed by atoms with Crippen molar-refractivity contribution in [2.45, 2.75) is 12.5 Å². The molecule has 3 aromatic carbocycles. The average molecular weight is 516 g/mol. The Morgan fingerprint density at radius 3 is 2.66 bits per heavy atom. The second kappa shape index (κ2) is 10.4. The maximum absolute atomic E-state index is 13.6. The van der Waals surface area contributed by atoms with Crippen LogP contribution in [0.2, 0.25) is 0 Å². The molecule has 5 aromatic rings. The first-order valence-corrected chi connectivity index (χ1v) is 11.9. The Balaban J connectivity index is 1.49. The molecule has 0 aliphatic rings. The minimum atomic E-state index is -0.591. The highest BCUT2D eigenvalue weighted by atomic mass is 19.1. The van der Waals surface area contributed by atoms with Crippen molar-refractivity contribution in [3.8, 4) is 28.5 Å². The number of carbonyl (C=O) groups is 1. The molecule has 0 bridgehead atoms. The first-order valence-electron chi connectivity index (χ1n) is 11.9. The number of methoxy groups -OCH3 is 2. The molecule has 38 heavy (non-hydrogen) atoms. The number of nitrogens with zero attached hydrogens (tertiary/aromatic N) is 1. The zero-order valence-corrected chi connectivity index (χ0v) is 20.8. The topological polar surface area (TPSA) is 117 Å². The van der Waals surface area contributed by atoms with Gasteiger partial charge in [0.1, 0.15) is 5.82 Å². The van der Waals surface area contributed by atoms with Gasteiger partial charge in [-0.15, -0.1) is 0 Å². The van der Waals surface area contributed by atoms with Gasteiger partial charge in [-0.2, -0.15) is 0 Å². The van der Waals surface area contributed by atoms with Crippen molar-refractivity contribution in [2.75, 3.05) is 20.8 Å². The molecule has 0 unspecified atom stereocenters. The van der Waals surface area contributed by atoms with Gasteiger partial charge >= 0.3 is 0 Å². The van der Waals surface area contributed by atoms with Gasteiger partial charge in [-0.05, 0) is 54.4 Å². The molecular formula is C29H26FN3O5. The summed E-state index contributed by atoms with van der Waals surface area (Å²) < 4.78 is 24.1. The highest BCUT2D eigenvalue weighted by Gasteiger charge is 2.20. The van der Waals surface area contributed by atoms with Crippen LogP contribution in [0.4, 0.5) is 4.39 Å². The number of hydrogen-bond donors (Lipinski definition) is 4. The molecule has 194 valence electrons. The highest BCUT2D eigenvalue weighted by Crippen LogP contribution is 2.40. The number of halogens is 1. The molecule has 2 heterocycles. The number of aliphatic hydroxyl groups excluding tert-OH is 1. The summed E-state index contributed by atoms with van der Waals surface area (Å²) in [5.74, 6) is -0.342. The van der Waals surface area contributed by atoms with E-state index in [2.05, 4.69) is 10.3 Å². The number of aliphatic hydroxyl groups is 1. The smallest absolute Gasteiger partial charge is 0.252 e. The molecule has 1 atom stereocenters. The SMILES string of the molecule is COc1cc(-c2cc(C(=O)N[C@@H](CO)Cc3c[nH]c4cc(F)ccc34)c3ccccc3n2)cc(O)c1OC. The lowest BCUT2D eigenvalue weighted by molar-refractivity contribution is 0.0918. The van der Waals surface area contributed by atoms with E-state index in [0.717, 1.165) is 10.9 Å². The Morgan fingerprint density at radius 1 is 1.08 bits per heavy atom. The average Bonchev–Trinajstić information content (AvgIpc) is 3.32. The number of H-pyrrole nitrogens is 1. The van der Waals surface area contributed by atoms with Crippen LogP contribution in [-0.2, 0) is 6.42 Å². The molecule has 0 aliphatic carbocycles. The van der Waals surface area contributed by atoms with Crippen LogP contribution in [0.5, 0.6) is 17.2 Å². The monoisotopic (exact) mass is 515 g/mol. The van der Waals surface area contributed by atoms with E-state index in [9.17, 15) is 19.4 Å². The van der Waals surface area contributed by atoms with E-state index >= 15 is 0 Å². The molecule has 2 aromatic heterocycles. The Kier molecular flexibility index (Phi) is 6.85. The molecule has 0 aliphatic heterocycles. The van der Waals surface area contributed by atoms with Gasteiger partial charge in [0, 0.05) is 28.0 Å². The fourth-order valence-corrected chi connectivity index (χ4v) is 4.62. The molecule has 0 radical (unpaired) electrons. The van der Waals surface area contributed by atoms with Gasteiger partial charge in [0.25, 0.3) is 5.91 Å². The summed E-state index contributed by atoms with van der Waals surface area (Å²) in [5, 5.41) is 24.9. The largest absolute Gasteiger partial charge is 0.504 e. The number of hydrogen-bond acceptors (Lipinski definition) is 6. The zero-order valence-electron chi connectivity index (χ0n) is 20.8. The van der Waals surface area contributed by atoms with E-state index in [1.165, 1.54) is 32.4 Å². The molecule has 0 spiro atoms. The Hall–Kier alpha value is -4.63. The van der Waals surface area contributed by atoms with Gasteiger partial charge in [0.15, 0.2) is 11.5 Å². The standard InChI is InChI=1S/C29H26FN3O5/c1-37-27-11-16(10-26(35)28(27)38-2)24-13-22(21-5-3-4-6-23(21)33-24)29(36)32-19(15-34)9-17-14-31-25-12-18(30)7-8-20(17)25/h3-8,10-14,19,31,34-35H,9,15H2,1-2H3,(H,32,36)/t19-/m1/s1. The first kappa shape index (κ1) is 25.0. The summed E-state index contributed by atoms with van der Waals surface area (Å²) in [6.45, 7) is -0.293. The molecular weight excluding hydrogens is 489 g/mol. The molecule has 0 fully saturated rings. The minimum absolute atomic E-state index is 0.123. The van der Waals surface area contributed by atoms with Crippen molar-refractivity contribution < 1.29 is 28.9 Å². The van der Waals surface area contributed by atoms with Gasteiger partial charge < -0.3 is 30.0 Å². The van der Waals surface area contributed by atoms with Crippen LogP contribution < -0.4 is 14.8 Å². The summed E-state index contributed by atoms with van der Waals surface area (Å²) in [7, 11) is 2.90. The summed E-state index contributed by atoms with van der Waals surface area (Å²) in [6.07, 6.45) is 2.09. The number of fused-ring (bicyclic) bond motifs is 2. The molecule has 8 nitrogen and oxygen atoms in total. The Labute approximate surface area is 217 Å². The van der Waals surface area contributed by atoms with Crippen LogP contribution in [-0.4, -0.2) is 53.0 Å². The molecule has 0 saturated carbocycles. The van der Waals surface area contributed by atoms with E-state index in [1.807, 2.05) is 12.1 Å². The number of carbonyl (C=O) groups excluding carboxylic acids is 1. The number of para-hydroxylation sites is 1. The lowest BCUT2D eigenvalue weighted by Crippen LogP contribution is -2.39. The van der Waals surface area contributed by atoms with Crippen LogP contribution in [0.1, 0.15) is 15.9 Å². The van der Waals surface area contributed by atoms with Gasteiger partial charge in [0.05, 0.1) is 43.6 Å². The number of benzene rings is 3. The van der Waals surface area contributed by atoms with E-state index < -0.39 is 6.04 Å².